The molecule has 1 heterocycles. The van der Waals surface area contributed by atoms with Crippen LogP contribution in [0.3, 0.4) is 0 Å². The van der Waals surface area contributed by atoms with E-state index in [1.807, 2.05) is 25.1 Å². The van der Waals surface area contributed by atoms with Crippen LogP contribution in [0, 0.1) is 18.3 Å². The highest BCUT2D eigenvalue weighted by Crippen LogP contribution is 2.27. The van der Waals surface area contributed by atoms with Gasteiger partial charge in [0.2, 0.25) is 0 Å². The number of nitrogens with two attached hydrogens (primary N) is 1. The van der Waals surface area contributed by atoms with E-state index in [4.69, 9.17) is 5.73 Å². The molecule has 0 saturated carbocycles. The Morgan fingerprint density at radius 3 is 2.83 bits per heavy atom. The van der Waals surface area contributed by atoms with Gasteiger partial charge in [-0.15, -0.1) is 11.8 Å². The molecule has 0 amide bonds. The average Bonchev–Trinajstić information content (AvgIpc) is 2.68. The van der Waals surface area contributed by atoms with Crippen molar-refractivity contribution in [3.8, 4) is 11.8 Å². The van der Waals surface area contributed by atoms with Crippen molar-refractivity contribution < 1.29 is 0 Å². The van der Waals surface area contributed by atoms with Gasteiger partial charge in [-0.05, 0) is 24.8 Å². The van der Waals surface area contributed by atoms with Crippen molar-refractivity contribution in [3.63, 3.8) is 0 Å². The fourth-order valence-corrected chi connectivity index (χ4v) is 2.61. The minimum absolute atomic E-state index is 0.463. The minimum atomic E-state index is 0.463. The van der Waals surface area contributed by atoms with E-state index in [2.05, 4.69) is 18.1 Å². The normalized spacial score (nSPS) is 10.3. The van der Waals surface area contributed by atoms with E-state index in [1.165, 1.54) is 0 Å². The first-order chi connectivity index (χ1) is 8.67. The molecule has 0 radical (unpaired) electrons. The molecule has 0 aliphatic carbocycles. The Morgan fingerprint density at radius 1 is 1.50 bits per heavy atom. The molecule has 0 atom stereocenters. The van der Waals surface area contributed by atoms with E-state index in [-0.39, 0.29) is 0 Å². The summed E-state index contributed by atoms with van der Waals surface area (Å²) in [5, 5.41) is 13.6. The molecule has 2 rings (SSSR count). The maximum atomic E-state index is 9.35. The fraction of sp³-hybridized carbons (Fsp3) is 0.231. The summed E-state index contributed by atoms with van der Waals surface area (Å²) in [6, 6.07) is 9.83. The second kappa shape index (κ2) is 5.15. The third-order valence-corrected chi connectivity index (χ3v) is 3.49. The Labute approximate surface area is 110 Å². The molecule has 0 aliphatic heterocycles. The fourth-order valence-electron chi connectivity index (χ4n) is 1.83. The Hall–Kier alpha value is -1.93. The first kappa shape index (κ1) is 12.5. The number of thioether (sulfide) groups is 1. The summed E-state index contributed by atoms with van der Waals surface area (Å²) in [5.74, 6) is 1.39. The lowest BCUT2D eigenvalue weighted by Crippen LogP contribution is -2.03. The zero-order valence-corrected chi connectivity index (χ0v) is 11.2. The minimum Gasteiger partial charge on any atom is -0.382 e. The van der Waals surface area contributed by atoms with Gasteiger partial charge in [-0.25, -0.2) is 4.68 Å². The summed E-state index contributed by atoms with van der Waals surface area (Å²) in [5.41, 5.74) is 8.04. The number of aryl methyl sites for hydroxylation is 1. The SMILES string of the molecule is CCSc1cccc(-n2nc(N)cc2C)c1C#N. The second-order valence-corrected chi connectivity index (χ2v) is 5.12. The zero-order valence-electron chi connectivity index (χ0n) is 10.3. The number of hydrogen-bond donors (Lipinski definition) is 1. The van der Waals surface area contributed by atoms with E-state index in [9.17, 15) is 5.26 Å². The van der Waals surface area contributed by atoms with Crippen molar-refractivity contribution in [2.45, 2.75) is 18.7 Å². The lowest BCUT2D eigenvalue weighted by molar-refractivity contribution is 0.845. The van der Waals surface area contributed by atoms with Crippen LogP contribution in [0.2, 0.25) is 0 Å². The Balaban J connectivity index is 2.61. The number of benzene rings is 1. The first-order valence-corrected chi connectivity index (χ1v) is 6.64. The molecule has 5 heteroatoms. The summed E-state index contributed by atoms with van der Waals surface area (Å²) >= 11 is 1.65. The van der Waals surface area contributed by atoms with Gasteiger partial charge in [0.15, 0.2) is 0 Å². The van der Waals surface area contributed by atoms with Crippen LogP contribution >= 0.6 is 11.8 Å². The molecule has 2 N–H and O–H groups in total. The summed E-state index contributed by atoms with van der Waals surface area (Å²) < 4.78 is 1.72. The molecular formula is C13H14N4S. The van der Waals surface area contributed by atoms with Crippen LogP contribution in [-0.2, 0) is 0 Å². The number of nitriles is 1. The molecule has 0 saturated heterocycles. The molecule has 0 spiro atoms. The van der Waals surface area contributed by atoms with Gasteiger partial charge < -0.3 is 5.73 Å². The number of aromatic nitrogens is 2. The van der Waals surface area contributed by atoms with E-state index < -0.39 is 0 Å². The van der Waals surface area contributed by atoms with Crippen molar-refractivity contribution in [2.75, 3.05) is 11.5 Å². The van der Waals surface area contributed by atoms with Crippen LogP contribution in [0.4, 0.5) is 5.82 Å². The lowest BCUT2D eigenvalue weighted by Gasteiger charge is -2.09. The number of rotatable bonds is 3. The van der Waals surface area contributed by atoms with Crippen molar-refractivity contribution in [2.24, 2.45) is 0 Å². The summed E-state index contributed by atoms with van der Waals surface area (Å²) in [6.45, 7) is 3.99. The molecule has 0 aliphatic rings. The predicted molar refractivity (Wildman–Crippen MR) is 73.8 cm³/mol. The van der Waals surface area contributed by atoms with Gasteiger partial charge in [0.1, 0.15) is 11.9 Å². The smallest absolute Gasteiger partial charge is 0.146 e. The molecular weight excluding hydrogens is 244 g/mol. The van der Waals surface area contributed by atoms with E-state index in [0.29, 0.717) is 11.4 Å². The highest BCUT2D eigenvalue weighted by molar-refractivity contribution is 7.99. The highest BCUT2D eigenvalue weighted by Gasteiger charge is 2.12. The van der Waals surface area contributed by atoms with Crippen LogP contribution in [0.1, 0.15) is 18.2 Å². The molecule has 92 valence electrons. The highest BCUT2D eigenvalue weighted by atomic mass is 32.2. The Kier molecular flexibility index (Phi) is 3.58. The Morgan fingerprint density at radius 2 is 2.28 bits per heavy atom. The van der Waals surface area contributed by atoms with E-state index in [1.54, 1.807) is 22.5 Å². The number of nitrogen functional groups attached to an aromatic ring is 1. The van der Waals surface area contributed by atoms with Gasteiger partial charge >= 0.3 is 0 Å². The van der Waals surface area contributed by atoms with Gasteiger partial charge in [-0.3, -0.25) is 0 Å². The average molecular weight is 258 g/mol. The molecule has 1 aromatic heterocycles. The molecule has 4 nitrogen and oxygen atoms in total. The predicted octanol–water partition coefficient (Wildman–Crippen LogP) is 2.75. The standard InChI is InChI=1S/C13H14N4S/c1-3-18-12-6-4-5-11(10(12)8-14)17-9(2)7-13(15)16-17/h4-7H,3H2,1-2H3,(H2,15,16). The van der Waals surface area contributed by atoms with Gasteiger partial charge in [0, 0.05) is 16.7 Å². The monoisotopic (exact) mass is 258 g/mol. The van der Waals surface area contributed by atoms with Crippen LogP contribution < -0.4 is 5.73 Å². The molecule has 0 bridgehead atoms. The van der Waals surface area contributed by atoms with Gasteiger partial charge in [0.25, 0.3) is 0 Å². The molecule has 0 fully saturated rings. The maximum absolute atomic E-state index is 9.35. The molecule has 2 aromatic rings. The number of nitrogens with zero attached hydrogens (tertiary/aromatic N) is 3. The van der Waals surface area contributed by atoms with Crippen LogP contribution in [0.15, 0.2) is 29.2 Å². The van der Waals surface area contributed by atoms with Crippen molar-refractivity contribution in [1.29, 1.82) is 5.26 Å². The molecule has 0 unspecified atom stereocenters. The largest absolute Gasteiger partial charge is 0.382 e. The number of hydrogen-bond acceptors (Lipinski definition) is 4. The van der Waals surface area contributed by atoms with E-state index >= 15 is 0 Å². The van der Waals surface area contributed by atoms with Crippen molar-refractivity contribution in [3.05, 3.63) is 35.5 Å². The summed E-state index contributed by atoms with van der Waals surface area (Å²) in [7, 11) is 0. The van der Waals surface area contributed by atoms with Crippen LogP contribution in [-0.4, -0.2) is 15.5 Å². The van der Waals surface area contributed by atoms with E-state index in [0.717, 1.165) is 22.0 Å². The van der Waals surface area contributed by atoms with Crippen molar-refractivity contribution in [1.82, 2.24) is 9.78 Å². The van der Waals surface area contributed by atoms with Gasteiger partial charge in [-0.2, -0.15) is 10.4 Å². The van der Waals surface area contributed by atoms with Crippen molar-refractivity contribution >= 4 is 17.6 Å². The quantitative estimate of drug-likeness (QED) is 0.859. The molecule has 1 aromatic carbocycles. The van der Waals surface area contributed by atoms with Gasteiger partial charge in [0.05, 0.1) is 11.3 Å². The maximum Gasteiger partial charge on any atom is 0.146 e. The third kappa shape index (κ3) is 2.20. The third-order valence-electron chi connectivity index (χ3n) is 2.55. The number of anilines is 1. The van der Waals surface area contributed by atoms with Crippen LogP contribution in [0.25, 0.3) is 5.69 Å². The summed E-state index contributed by atoms with van der Waals surface area (Å²) in [6.07, 6.45) is 0. The molecule has 18 heavy (non-hydrogen) atoms. The zero-order chi connectivity index (χ0) is 13.1. The lowest BCUT2D eigenvalue weighted by atomic mass is 10.2. The van der Waals surface area contributed by atoms with Crippen LogP contribution in [0.5, 0.6) is 0 Å². The Bertz CT molecular complexity index is 610. The first-order valence-electron chi connectivity index (χ1n) is 5.65. The second-order valence-electron chi connectivity index (χ2n) is 3.82. The van der Waals surface area contributed by atoms with Gasteiger partial charge in [-0.1, -0.05) is 13.0 Å². The summed E-state index contributed by atoms with van der Waals surface area (Å²) in [4.78, 5) is 0.978. The topological polar surface area (TPSA) is 67.6 Å².